The first kappa shape index (κ1) is 23.3. The molecule has 6 nitrogen and oxygen atoms in total. The lowest BCUT2D eigenvalue weighted by atomic mass is 9.77. The van der Waals surface area contributed by atoms with Crippen LogP contribution in [-0.4, -0.2) is 44.2 Å². The number of hydrogen-bond acceptors (Lipinski definition) is 4. The topological polar surface area (TPSA) is 67.6 Å². The van der Waals surface area contributed by atoms with Gasteiger partial charge in [0.05, 0.1) is 36.5 Å². The van der Waals surface area contributed by atoms with Gasteiger partial charge in [0.25, 0.3) is 5.91 Å². The Labute approximate surface area is 204 Å². The number of carbonyl (C=O) groups excluding carboxylic acids is 1. The molecular weight excluding hydrogens is 445 g/mol. The highest BCUT2D eigenvalue weighted by atomic mass is 19.1. The summed E-state index contributed by atoms with van der Waals surface area (Å²) in [4.78, 5) is 19.9. The Morgan fingerprint density at radius 3 is 2.66 bits per heavy atom. The highest BCUT2D eigenvalue weighted by Crippen LogP contribution is 2.44. The molecule has 0 radical (unpaired) electrons. The standard InChI is InChI=1S/C28H30FN3O3/c1-18-16-31(17-30-18)24-11-4-19(13-26(24)35-3)12-21-7-10-23-14-28(2,34)15-25(32(23)27(21)33)20-5-8-22(29)9-6-20/h4-6,8-9,11-13,16-17,23,25,34H,7,10,14-15H2,1-3H3/b21-12+/t23-,25+,28-/m0/s1. The Hall–Kier alpha value is -3.45. The van der Waals surface area contributed by atoms with E-state index in [1.807, 2.05) is 53.8 Å². The molecule has 2 aromatic carbocycles. The number of nitrogens with zero attached hydrogens (tertiary/aromatic N) is 3. The molecule has 2 saturated heterocycles. The summed E-state index contributed by atoms with van der Waals surface area (Å²) >= 11 is 0. The van der Waals surface area contributed by atoms with Crippen molar-refractivity contribution in [3.8, 4) is 11.4 Å². The van der Waals surface area contributed by atoms with E-state index in [2.05, 4.69) is 4.98 Å². The van der Waals surface area contributed by atoms with Gasteiger partial charge in [-0.1, -0.05) is 18.2 Å². The number of rotatable bonds is 4. The summed E-state index contributed by atoms with van der Waals surface area (Å²) in [6.45, 7) is 3.76. The van der Waals surface area contributed by atoms with Gasteiger partial charge in [-0.2, -0.15) is 0 Å². The molecule has 2 aliphatic heterocycles. The molecule has 3 atom stereocenters. The second-order valence-electron chi connectivity index (χ2n) is 9.90. The molecule has 0 saturated carbocycles. The van der Waals surface area contributed by atoms with Crippen molar-refractivity contribution in [1.82, 2.24) is 14.5 Å². The summed E-state index contributed by atoms with van der Waals surface area (Å²) in [6.07, 6.45) is 7.97. The van der Waals surface area contributed by atoms with Crippen LogP contribution in [0.1, 0.15) is 55.5 Å². The van der Waals surface area contributed by atoms with Gasteiger partial charge in [0.2, 0.25) is 0 Å². The fourth-order valence-electron chi connectivity index (χ4n) is 5.45. The molecule has 1 aromatic heterocycles. The molecule has 2 fully saturated rings. The van der Waals surface area contributed by atoms with Crippen molar-refractivity contribution < 1.29 is 19.0 Å². The molecule has 0 aliphatic carbocycles. The third-order valence-corrected chi connectivity index (χ3v) is 7.08. The number of imidazole rings is 1. The van der Waals surface area contributed by atoms with Crippen LogP contribution in [0.15, 0.2) is 60.6 Å². The minimum Gasteiger partial charge on any atom is -0.495 e. The molecule has 0 bridgehead atoms. The summed E-state index contributed by atoms with van der Waals surface area (Å²) in [7, 11) is 1.63. The molecule has 1 amide bonds. The quantitative estimate of drug-likeness (QED) is 0.540. The van der Waals surface area contributed by atoms with E-state index in [1.165, 1.54) is 12.1 Å². The van der Waals surface area contributed by atoms with Crippen LogP contribution in [0, 0.1) is 12.7 Å². The summed E-state index contributed by atoms with van der Waals surface area (Å²) in [5, 5.41) is 10.9. The molecule has 7 heteroatoms. The molecule has 2 aliphatic rings. The van der Waals surface area contributed by atoms with Crippen LogP contribution in [0.4, 0.5) is 4.39 Å². The molecule has 35 heavy (non-hydrogen) atoms. The average molecular weight is 476 g/mol. The second kappa shape index (κ2) is 8.96. The van der Waals surface area contributed by atoms with Crippen LogP contribution in [0.25, 0.3) is 11.8 Å². The first-order valence-corrected chi connectivity index (χ1v) is 11.9. The van der Waals surface area contributed by atoms with Crippen LogP contribution in [0.3, 0.4) is 0 Å². The van der Waals surface area contributed by atoms with Gasteiger partial charge in [-0.15, -0.1) is 0 Å². The lowest BCUT2D eigenvalue weighted by Gasteiger charge is -2.50. The smallest absolute Gasteiger partial charge is 0.250 e. The number of aryl methyl sites for hydroxylation is 1. The van der Waals surface area contributed by atoms with Crippen molar-refractivity contribution in [2.45, 2.75) is 57.2 Å². The zero-order valence-electron chi connectivity index (χ0n) is 20.2. The Kier molecular flexibility index (Phi) is 5.97. The van der Waals surface area contributed by atoms with E-state index in [1.54, 1.807) is 25.6 Å². The zero-order valence-corrected chi connectivity index (χ0v) is 20.2. The fraction of sp³-hybridized carbons (Fsp3) is 0.357. The van der Waals surface area contributed by atoms with Gasteiger partial charge in [-0.3, -0.25) is 4.79 Å². The number of ether oxygens (including phenoxy) is 1. The van der Waals surface area contributed by atoms with E-state index in [-0.39, 0.29) is 23.8 Å². The molecule has 0 unspecified atom stereocenters. The maximum Gasteiger partial charge on any atom is 0.250 e. The predicted molar refractivity (Wildman–Crippen MR) is 132 cm³/mol. The number of carbonyl (C=O) groups is 1. The number of methoxy groups -OCH3 is 1. The molecular formula is C28H30FN3O3. The van der Waals surface area contributed by atoms with Crippen molar-refractivity contribution >= 4 is 12.0 Å². The van der Waals surface area contributed by atoms with Crippen molar-refractivity contribution in [3.63, 3.8) is 0 Å². The number of halogens is 1. The van der Waals surface area contributed by atoms with Crippen LogP contribution in [-0.2, 0) is 4.79 Å². The van der Waals surface area contributed by atoms with Crippen molar-refractivity contribution in [3.05, 3.63) is 83.2 Å². The number of aliphatic hydroxyl groups is 1. The third kappa shape index (κ3) is 4.60. The van der Waals surface area contributed by atoms with Gasteiger partial charge in [-0.05, 0) is 74.6 Å². The van der Waals surface area contributed by atoms with Crippen LogP contribution in [0.5, 0.6) is 5.75 Å². The van der Waals surface area contributed by atoms with E-state index >= 15 is 0 Å². The van der Waals surface area contributed by atoms with Crippen molar-refractivity contribution in [1.29, 1.82) is 0 Å². The SMILES string of the molecule is COc1cc(/C=C2\CC[C@H]3C[C@](C)(O)C[C@H](c4ccc(F)cc4)N3C2=O)ccc1-n1cnc(C)c1. The van der Waals surface area contributed by atoms with Crippen molar-refractivity contribution in [2.24, 2.45) is 0 Å². The van der Waals surface area contributed by atoms with Gasteiger partial charge in [-0.25, -0.2) is 9.37 Å². The molecule has 182 valence electrons. The van der Waals surface area contributed by atoms with Gasteiger partial charge in [0, 0.05) is 24.2 Å². The maximum absolute atomic E-state index is 13.7. The zero-order chi connectivity index (χ0) is 24.7. The number of amides is 1. The Bertz CT molecular complexity index is 1280. The van der Waals surface area contributed by atoms with Gasteiger partial charge >= 0.3 is 0 Å². The van der Waals surface area contributed by atoms with E-state index in [9.17, 15) is 14.3 Å². The number of piperidine rings is 2. The average Bonchev–Trinajstić information content (AvgIpc) is 3.26. The number of aromatic nitrogens is 2. The Morgan fingerprint density at radius 2 is 1.97 bits per heavy atom. The van der Waals surface area contributed by atoms with E-state index < -0.39 is 5.60 Å². The first-order chi connectivity index (χ1) is 16.7. The Balaban J connectivity index is 1.47. The van der Waals surface area contributed by atoms with Crippen LogP contribution in [0.2, 0.25) is 0 Å². The normalized spacial score (nSPS) is 25.6. The lowest BCUT2D eigenvalue weighted by Crippen LogP contribution is -2.55. The molecule has 3 heterocycles. The van der Waals surface area contributed by atoms with Crippen LogP contribution >= 0.6 is 0 Å². The Morgan fingerprint density at radius 1 is 1.20 bits per heavy atom. The summed E-state index contributed by atoms with van der Waals surface area (Å²) in [5.74, 6) is 0.345. The summed E-state index contributed by atoms with van der Waals surface area (Å²) in [6, 6.07) is 11.7. The number of fused-ring (bicyclic) bond motifs is 1. The molecule has 0 spiro atoms. The summed E-state index contributed by atoms with van der Waals surface area (Å²) < 4.78 is 21.1. The van der Waals surface area contributed by atoms with Gasteiger partial charge in [0.1, 0.15) is 11.6 Å². The highest BCUT2D eigenvalue weighted by Gasteiger charge is 2.46. The largest absolute Gasteiger partial charge is 0.495 e. The summed E-state index contributed by atoms with van der Waals surface area (Å²) in [5.41, 5.74) is 3.36. The molecule has 1 N–H and O–H groups in total. The monoisotopic (exact) mass is 475 g/mol. The fourth-order valence-corrected chi connectivity index (χ4v) is 5.45. The predicted octanol–water partition coefficient (Wildman–Crippen LogP) is 4.99. The molecule has 5 rings (SSSR count). The number of benzene rings is 2. The van der Waals surface area contributed by atoms with E-state index in [4.69, 9.17) is 4.74 Å². The maximum atomic E-state index is 13.7. The van der Waals surface area contributed by atoms with Crippen LogP contribution < -0.4 is 4.74 Å². The van der Waals surface area contributed by atoms with Crippen molar-refractivity contribution in [2.75, 3.05) is 7.11 Å². The minimum absolute atomic E-state index is 0.0284. The minimum atomic E-state index is -0.878. The second-order valence-corrected chi connectivity index (χ2v) is 9.90. The van der Waals surface area contributed by atoms with Gasteiger partial charge < -0.3 is 19.3 Å². The lowest BCUT2D eigenvalue weighted by molar-refractivity contribution is -0.144. The van der Waals surface area contributed by atoms with E-state index in [0.717, 1.165) is 34.5 Å². The molecule has 3 aromatic rings. The number of hydrogen-bond donors (Lipinski definition) is 1. The van der Waals surface area contributed by atoms with E-state index in [0.29, 0.717) is 25.0 Å². The highest BCUT2D eigenvalue weighted by molar-refractivity contribution is 5.99. The van der Waals surface area contributed by atoms with Gasteiger partial charge in [0.15, 0.2) is 0 Å². The first-order valence-electron chi connectivity index (χ1n) is 11.9. The third-order valence-electron chi connectivity index (χ3n) is 7.08.